The average Bonchev–Trinajstić information content (AvgIpc) is 2.61. The molecule has 1 aliphatic heterocycles. The third-order valence-electron chi connectivity index (χ3n) is 2.12. The Morgan fingerprint density at radius 2 is 2.42 bits per heavy atom. The Kier molecular flexibility index (Phi) is 2.24. The molecule has 2 atom stereocenters. The lowest BCUT2D eigenvalue weighted by Crippen LogP contribution is -2.03. The summed E-state index contributed by atoms with van der Waals surface area (Å²) in [6, 6.07) is 2.12. The van der Waals surface area contributed by atoms with Gasteiger partial charge in [-0.1, -0.05) is 0 Å². The number of Topliss-reactive ketones (excluding diaryl/α,β-unsaturated/α-hetero) is 1. The summed E-state index contributed by atoms with van der Waals surface area (Å²) in [5, 5.41) is 4.85. The monoisotopic (exact) mass is 198 g/mol. The van der Waals surface area contributed by atoms with Crippen LogP contribution in [0.4, 0.5) is 0 Å². The lowest BCUT2D eigenvalue weighted by atomic mass is 10.1. The van der Waals surface area contributed by atoms with Crippen molar-refractivity contribution in [2.45, 2.75) is 23.8 Å². The van der Waals surface area contributed by atoms with E-state index in [2.05, 4.69) is 16.8 Å². The highest BCUT2D eigenvalue weighted by Gasteiger charge is 2.30. The predicted molar refractivity (Wildman–Crippen MR) is 53.7 cm³/mol. The van der Waals surface area contributed by atoms with E-state index in [9.17, 15) is 4.79 Å². The van der Waals surface area contributed by atoms with Crippen molar-refractivity contribution in [3.05, 3.63) is 22.4 Å². The van der Waals surface area contributed by atoms with Crippen molar-refractivity contribution in [3.8, 4) is 0 Å². The summed E-state index contributed by atoms with van der Waals surface area (Å²) in [5.41, 5.74) is 1.32. The number of rotatable bonds is 1. The van der Waals surface area contributed by atoms with Crippen molar-refractivity contribution in [2.75, 3.05) is 0 Å². The predicted octanol–water partition coefficient (Wildman–Crippen LogP) is 2.88. The molecule has 12 heavy (non-hydrogen) atoms. The molecule has 1 aromatic heterocycles. The molecule has 64 valence electrons. The van der Waals surface area contributed by atoms with Gasteiger partial charge in [0, 0.05) is 11.7 Å². The molecule has 0 amide bonds. The number of thiophene rings is 1. The summed E-state index contributed by atoms with van der Waals surface area (Å²) in [7, 11) is 0. The van der Waals surface area contributed by atoms with Gasteiger partial charge >= 0.3 is 0 Å². The maximum absolute atomic E-state index is 11.3. The van der Waals surface area contributed by atoms with Gasteiger partial charge in [-0.15, -0.1) is 11.8 Å². The molecular weight excluding hydrogens is 188 g/mol. The van der Waals surface area contributed by atoms with Crippen LogP contribution >= 0.6 is 23.1 Å². The van der Waals surface area contributed by atoms with Gasteiger partial charge in [0.25, 0.3) is 0 Å². The highest BCUT2D eigenvalue weighted by molar-refractivity contribution is 8.01. The van der Waals surface area contributed by atoms with Crippen LogP contribution in [-0.4, -0.2) is 11.0 Å². The summed E-state index contributed by atoms with van der Waals surface area (Å²) < 4.78 is 0. The van der Waals surface area contributed by atoms with Gasteiger partial charge in [-0.3, -0.25) is 4.79 Å². The summed E-state index contributed by atoms with van der Waals surface area (Å²) in [4.78, 5) is 11.3. The van der Waals surface area contributed by atoms with Gasteiger partial charge in [0.1, 0.15) is 5.78 Å². The van der Waals surface area contributed by atoms with E-state index in [-0.39, 0.29) is 5.25 Å². The number of carbonyl (C=O) groups is 1. The first-order valence-electron chi connectivity index (χ1n) is 3.97. The molecule has 2 rings (SSSR count). The summed E-state index contributed by atoms with van der Waals surface area (Å²) in [5.74, 6) is 0.399. The van der Waals surface area contributed by atoms with Gasteiger partial charge in [0.2, 0.25) is 0 Å². The van der Waals surface area contributed by atoms with Crippen LogP contribution in [0.2, 0.25) is 0 Å². The highest BCUT2D eigenvalue weighted by Crippen LogP contribution is 2.42. The molecule has 0 aromatic carbocycles. The molecule has 2 unspecified atom stereocenters. The van der Waals surface area contributed by atoms with Crippen LogP contribution in [-0.2, 0) is 4.79 Å². The largest absolute Gasteiger partial charge is 0.298 e. The molecule has 1 aliphatic rings. The number of carbonyl (C=O) groups excluding carboxylic acids is 1. The van der Waals surface area contributed by atoms with Gasteiger partial charge in [0.15, 0.2) is 0 Å². The normalized spacial score (nSPS) is 29.6. The van der Waals surface area contributed by atoms with Crippen molar-refractivity contribution in [3.63, 3.8) is 0 Å². The molecule has 0 radical (unpaired) electrons. The van der Waals surface area contributed by atoms with Gasteiger partial charge in [-0.2, -0.15) is 11.3 Å². The van der Waals surface area contributed by atoms with Crippen molar-refractivity contribution in [2.24, 2.45) is 0 Å². The Balaban J connectivity index is 2.14. The SMILES string of the molecule is CC1SC(c2ccsc2)CC1=O. The molecule has 0 saturated carbocycles. The van der Waals surface area contributed by atoms with Crippen LogP contribution < -0.4 is 0 Å². The van der Waals surface area contributed by atoms with Crippen LogP contribution in [0.5, 0.6) is 0 Å². The van der Waals surface area contributed by atoms with Crippen LogP contribution in [0.15, 0.2) is 16.8 Å². The lowest BCUT2D eigenvalue weighted by molar-refractivity contribution is -0.117. The van der Waals surface area contributed by atoms with Crippen LogP contribution in [0, 0.1) is 0 Å². The maximum atomic E-state index is 11.3. The third kappa shape index (κ3) is 1.43. The number of ketones is 1. The molecular formula is C9H10OS2. The standard InChI is InChI=1S/C9H10OS2/c1-6-8(10)4-9(12-6)7-2-3-11-5-7/h2-3,5-6,9H,4H2,1H3. The molecule has 0 N–H and O–H groups in total. The van der Waals surface area contributed by atoms with E-state index in [0.29, 0.717) is 11.0 Å². The molecule has 0 aliphatic carbocycles. The summed E-state index contributed by atoms with van der Waals surface area (Å²) in [6.07, 6.45) is 0.725. The maximum Gasteiger partial charge on any atom is 0.147 e. The van der Waals surface area contributed by atoms with Crippen LogP contribution in [0.1, 0.15) is 24.2 Å². The fraction of sp³-hybridized carbons (Fsp3) is 0.444. The molecule has 1 fully saturated rings. The fourth-order valence-electron chi connectivity index (χ4n) is 1.37. The second-order valence-corrected chi connectivity index (χ2v) is 5.32. The van der Waals surface area contributed by atoms with E-state index in [0.717, 1.165) is 6.42 Å². The number of hydrogen-bond donors (Lipinski definition) is 0. The van der Waals surface area contributed by atoms with Gasteiger partial charge in [0.05, 0.1) is 5.25 Å². The van der Waals surface area contributed by atoms with Gasteiger partial charge in [-0.05, 0) is 29.3 Å². The van der Waals surface area contributed by atoms with Gasteiger partial charge < -0.3 is 0 Å². The zero-order valence-electron chi connectivity index (χ0n) is 6.82. The molecule has 1 saturated heterocycles. The zero-order valence-corrected chi connectivity index (χ0v) is 8.45. The number of thioether (sulfide) groups is 1. The van der Waals surface area contributed by atoms with E-state index in [4.69, 9.17) is 0 Å². The highest BCUT2D eigenvalue weighted by atomic mass is 32.2. The smallest absolute Gasteiger partial charge is 0.147 e. The summed E-state index contributed by atoms with van der Waals surface area (Å²) in [6.45, 7) is 2.00. The Bertz CT molecular complexity index is 279. The van der Waals surface area contributed by atoms with E-state index >= 15 is 0 Å². The molecule has 1 nitrogen and oxygen atoms in total. The Hall–Kier alpha value is -0.280. The second-order valence-electron chi connectivity index (χ2n) is 2.99. The molecule has 2 heterocycles. The topological polar surface area (TPSA) is 17.1 Å². The molecule has 0 bridgehead atoms. The first-order valence-corrected chi connectivity index (χ1v) is 5.86. The van der Waals surface area contributed by atoms with Crippen molar-refractivity contribution >= 4 is 28.9 Å². The summed E-state index contributed by atoms with van der Waals surface area (Å²) >= 11 is 3.49. The third-order valence-corrected chi connectivity index (χ3v) is 4.26. The molecule has 0 spiro atoms. The Morgan fingerprint density at radius 3 is 2.92 bits per heavy atom. The fourth-order valence-corrected chi connectivity index (χ4v) is 3.48. The molecule has 3 heteroatoms. The first-order chi connectivity index (χ1) is 5.77. The van der Waals surface area contributed by atoms with Crippen LogP contribution in [0.25, 0.3) is 0 Å². The van der Waals surface area contributed by atoms with E-state index in [1.54, 1.807) is 23.1 Å². The quantitative estimate of drug-likeness (QED) is 0.690. The van der Waals surface area contributed by atoms with E-state index in [1.807, 2.05) is 6.92 Å². The van der Waals surface area contributed by atoms with Crippen molar-refractivity contribution in [1.82, 2.24) is 0 Å². The minimum atomic E-state index is 0.204. The molecule has 1 aromatic rings. The number of hydrogen-bond acceptors (Lipinski definition) is 3. The van der Waals surface area contributed by atoms with E-state index < -0.39 is 0 Å². The minimum Gasteiger partial charge on any atom is -0.298 e. The lowest BCUT2D eigenvalue weighted by Gasteiger charge is -2.03. The minimum absolute atomic E-state index is 0.204. The van der Waals surface area contributed by atoms with Crippen LogP contribution in [0.3, 0.4) is 0 Å². The van der Waals surface area contributed by atoms with Gasteiger partial charge in [-0.25, -0.2) is 0 Å². The first kappa shape index (κ1) is 8.32. The van der Waals surface area contributed by atoms with Crippen molar-refractivity contribution < 1.29 is 4.79 Å². The Morgan fingerprint density at radius 1 is 1.58 bits per heavy atom. The zero-order chi connectivity index (χ0) is 8.55. The van der Waals surface area contributed by atoms with Crippen molar-refractivity contribution in [1.29, 1.82) is 0 Å². The Labute approximate surface area is 80.2 Å². The second kappa shape index (κ2) is 3.23. The van der Waals surface area contributed by atoms with E-state index in [1.165, 1.54) is 5.56 Å². The average molecular weight is 198 g/mol.